The first-order chi connectivity index (χ1) is 13.3. The molecule has 1 fully saturated rings. The molecule has 1 aliphatic heterocycles. The zero-order chi connectivity index (χ0) is 18.9. The highest BCUT2D eigenvalue weighted by molar-refractivity contribution is 7.94. The van der Waals surface area contributed by atoms with Gasteiger partial charge in [-0.25, -0.2) is 4.98 Å². The van der Waals surface area contributed by atoms with E-state index < -0.39 is 0 Å². The lowest BCUT2D eigenvalue weighted by atomic mass is 9.93. The lowest BCUT2D eigenvalue weighted by molar-refractivity contribution is -0.243. The zero-order valence-electron chi connectivity index (χ0n) is 16.2. The molecule has 1 aromatic heterocycles. The van der Waals surface area contributed by atoms with E-state index in [2.05, 4.69) is 59.8 Å². The number of pyridine rings is 1. The number of rotatable bonds is 9. The molecular weight excluding hydrogens is 358 g/mol. The Bertz CT molecular complexity index is 699. The molecule has 0 saturated carbocycles. The highest BCUT2D eigenvalue weighted by atomic mass is 32.2. The minimum absolute atomic E-state index is 0.461. The Morgan fingerprint density at radius 1 is 1.19 bits per heavy atom. The second-order valence-electron chi connectivity index (χ2n) is 6.85. The van der Waals surface area contributed by atoms with Gasteiger partial charge in [-0.2, -0.15) is 5.48 Å². The third-order valence-corrected chi connectivity index (χ3v) is 5.51. The van der Waals surface area contributed by atoms with Crippen LogP contribution in [0.25, 0.3) is 0 Å². The Hall–Kier alpha value is -1.44. The maximum absolute atomic E-state index is 5.18. The summed E-state index contributed by atoms with van der Waals surface area (Å²) in [5, 5.41) is 0.896. The van der Waals surface area contributed by atoms with Gasteiger partial charge in [0.05, 0.1) is 12.0 Å². The summed E-state index contributed by atoms with van der Waals surface area (Å²) >= 11 is 1.18. The van der Waals surface area contributed by atoms with Crippen LogP contribution in [0.3, 0.4) is 0 Å². The molecular formula is C21H29N3O2S. The maximum atomic E-state index is 5.18. The molecule has 1 aromatic carbocycles. The van der Waals surface area contributed by atoms with Gasteiger partial charge >= 0.3 is 0 Å². The van der Waals surface area contributed by atoms with Crippen LogP contribution in [0.1, 0.15) is 49.4 Å². The third-order valence-electron chi connectivity index (χ3n) is 4.86. The normalized spacial score (nSPS) is 17.9. The lowest BCUT2D eigenvalue weighted by Gasteiger charge is -2.32. The first-order valence-corrected chi connectivity index (χ1v) is 10.5. The quantitative estimate of drug-likeness (QED) is 0.296. The highest BCUT2D eigenvalue weighted by Crippen LogP contribution is 2.30. The van der Waals surface area contributed by atoms with E-state index in [9.17, 15) is 0 Å². The van der Waals surface area contributed by atoms with E-state index in [1.807, 2.05) is 6.92 Å². The van der Waals surface area contributed by atoms with Crippen molar-refractivity contribution in [3.8, 4) is 0 Å². The summed E-state index contributed by atoms with van der Waals surface area (Å²) in [6, 6.07) is 15.1. The average Bonchev–Trinajstić information content (AvgIpc) is 2.72. The van der Waals surface area contributed by atoms with Gasteiger partial charge in [-0.05, 0) is 43.0 Å². The number of benzene rings is 1. The number of nitrogens with zero attached hydrogens (tertiary/aromatic N) is 2. The molecule has 0 amide bonds. The Morgan fingerprint density at radius 3 is 2.81 bits per heavy atom. The fraction of sp³-hybridized carbons (Fsp3) is 0.476. The van der Waals surface area contributed by atoms with Gasteiger partial charge < -0.3 is 0 Å². The van der Waals surface area contributed by atoms with Crippen LogP contribution in [0.2, 0.25) is 0 Å². The van der Waals surface area contributed by atoms with Gasteiger partial charge in [0.1, 0.15) is 5.03 Å². The summed E-state index contributed by atoms with van der Waals surface area (Å²) in [6.07, 6.45) is 3.31. The van der Waals surface area contributed by atoms with Crippen molar-refractivity contribution in [2.45, 2.75) is 50.6 Å². The predicted octanol–water partition coefficient (Wildman–Crippen LogP) is 4.50. The van der Waals surface area contributed by atoms with Crippen molar-refractivity contribution in [3.63, 3.8) is 0 Å². The van der Waals surface area contributed by atoms with E-state index >= 15 is 0 Å². The van der Waals surface area contributed by atoms with Crippen molar-refractivity contribution in [1.29, 1.82) is 0 Å². The number of hydrogen-bond donors (Lipinski definition) is 1. The second-order valence-corrected chi connectivity index (χ2v) is 7.54. The summed E-state index contributed by atoms with van der Waals surface area (Å²) in [4.78, 5) is 12.4. The maximum Gasteiger partial charge on any atom is 0.130 e. The summed E-state index contributed by atoms with van der Waals surface area (Å²) < 4.78 is 5.18. The van der Waals surface area contributed by atoms with Crippen LogP contribution in [0.15, 0.2) is 47.5 Å². The van der Waals surface area contributed by atoms with E-state index in [0.29, 0.717) is 12.5 Å². The molecule has 146 valence electrons. The van der Waals surface area contributed by atoms with E-state index in [1.54, 1.807) is 0 Å². The SMILES string of the molecule is CCNOOSc1nc(C2CCCN(Cc3ccccc3)C2)ccc1CC. The lowest BCUT2D eigenvalue weighted by Crippen LogP contribution is -2.34. The number of likely N-dealkylation sites (tertiary alicyclic amines) is 1. The van der Waals surface area contributed by atoms with Crippen LogP contribution >= 0.6 is 12.0 Å². The fourth-order valence-electron chi connectivity index (χ4n) is 3.47. The van der Waals surface area contributed by atoms with Gasteiger partial charge in [0.15, 0.2) is 0 Å². The van der Waals surface area contributed by atoms with Crippen LogP contribution < -0.4 is 5.48 Å². The Kier molecular flexibility index (Phi) is 8.10. The first-order valence-electron chi connectivity index (χ1n) is 9.79. The van der Waals surface area contributed by atoms with Crippen LogP contribution in [0, 0.1) is 0 Å². The van der Waals surface area contributed by atoms with Crippen molar-refractivity contribution >= 4 is 12.0 Å². The van der Waals surface area contributed by atoms with Crippen molar-refractivity contribution in [1.82, 2.24) is 15.4 Å². The number of aromatic nitrogens is 1. The van der Waals surface area contributed by atoms with E-state index in [0.717, 1.165) is 36.8 Å². The summed E-state index contributed by atoms with van der Waals surface area (Å²) in [6.45, 7) is 7.98. The number of nitrogens with one attached hydrogen (secondary N) is 1. The Labute approximate surface area is 166 Å². The van der Waals surface area contributed by atoms with Gasteiger partial charge in [0.2, 0.25) is 0 Å². The molecule has 1 atom stereocenters. The minimum Gasteiger partial charge on any atom is -0.298 e. The molecule has 2 aromatic rings. The molecule has 1 unspecified atom stereocenters. The van der Waals surface area contributed by atoms with Crippen molar-refractivity contribution < 1.29 is 9.32 Å². The predicted molar refractivity (Wildman–Crippen MR) is 109 cm³/mol. The van der Waals surface area contributed by atoms with Gasteiger partial charge in [-0.15, -0.1) is 9.32 Å². The molecule has 0 radical (unpaired) electrons. The summed E-state index contributed by atoms with van der Waals surface area (Å²) in [5.74, 6) is 0.461. The molecule has 0 bridgehead atoms. The molecule has 27 heavy (non-hydrogen) atoms. The number of hydroxylamine groups is 1. The van der Waals surface area contributed by atoms with Crippen LogP contribution in [-0.4, -0.2) is 29.5 Å². The molecule has 1 saturated heterocycles. The number of aryl methyl sites for hydroxylation is 1. The standard InChI is InChI=1S/C21H29N3O2S/c1-3-18-12-13-20(23-21(18)27-26-25-22-4-2)19-11-8-14-24(16-19)15-17-9-6-5-7-10-17/h5-7,9-10,12-13,19,22H,3-4,8,11,14-16H2,1-2H3. The molecule has 1 aliphatic rings. The molecule has 0 spiro atoms. The van der Waals surface area contributed by atoms with Gasteiger partial charge in [-0.1, -0.05) is 50.2 Å². The average molecular weight is 388 g/mol. The van der Waals surface area contributed by atoms with Crippen molar-refractivity contribution in [2.24, 2.45) is 0 Å². The third kappa shape index (κ3) is 6.02. The van der Waals surface area contributed by atoms with Gasteiger partial charge in [-0.3, -0.25) is 4.90 Å². The van der Waals surface area contributed by atoms with Gasteiger partial charge in [0.25, 0.3) is 0 Å². The van der Waals surface area contributed by atoms with E-state index in [4.69, 9.17) is 14.3 Å². The van der Waals surface area contributed by atoms with E-state index in [1.165, 1.54) is 36.0 Å². The van der Waals surface area contributed by atoms with E-state index in [-0.39, 0.29) is 0 Å². The summed E-state index contributed by atoms with van der Waals surface area (Å²) in [5.41, 5.74) is 6.39. The summed E-state index contributed by atoms with van der Waals surface area (Å²) in [7, 11) is 0. The molecule has 1 N–H and O–H groups in total. The molecule has 3 rings (SSSR count). The Balaban J connectivity index is 1.65. The van der Waals surface area contributed by atoms with Crippen LogP contribution in [0.5, 0.6) is 0 Å². The first kappa shape index (κ1) is 20.3. The van der Waals surface area contributed by atoms with Crippen molar-refractivity contribution in [2.75, 3.05) is 19.6 Å². The number of hydrogen-bond acceptors (Lipinski definition) is 6. The van der Waals surface area contributed by atoms with Gasteiger partial charge in [0, 0.05) is 31.2 Å². The minimum atomic E-state index is 0.461. The topological polar surface area (TPSA) is 46.6 Å². The smallest absolute Gasteiger partial charge is 0.130 e. The fourth-order valence-corrected chi connectivity index (χ4v) is 4.08. The number of piperidine rings is 1. The van der Waals surface area contributed by atoms with Crippen molar-refractivity contribution in [3.05, 3.63) is 59.3 Å². The van der Waals surface area contributed by atoms with Crippen LogP contribution in [0.4, 0.5) is 0 Å². The molecule has 2 heterocycles. The highest BCUT2D eigenvalue weighted by Gasteiger charge is 2.23. The van der Waals surface area contributed by atoms with Crippen LogP contribution in [-0.2, 0) is 22.3 Å². The second kappa shape index (κ2) is 10.8. The molecule has 6 heteroatoms. The molecule has 0 aliphatic carbocycles. The monoisotopic (exact) mass is 387 g/mol. The largest absolute Gasteiger partial charge is 0.298 e. The zero-order valence-corrected chi connectivity index (χ0v) is 17.0. The Morgan fingerprint density at radius 2 is 2.04 bits per heavy atom. The molecule has 5 nitrogen and oxygen atoms in total.